The minimum atomic E-state index is -0.130. The molecule has 48 heavy (non-hydrogen) atoms. The second kappa shape index (κ2) is 14.9. The van der Waals surface area contributed by atoms with Crippen LogP contribution in [0.2, 0.25) is 0 Å². The standard InChI is InChI=1S/C40H42N4O3.ClH/c1-27-22-31-12-8-9-13-32(31)25-44(27)40(46)35-19-14-29(20-21-41)23-37(35)38-24-36(28(2)42(38)3)39(45)43(4)33-15-17-34(18-16-33)47-26-30-10-6-5-7-11-30;/h5-19,23-24,27H,20-22,25-26,41H2,1-4H3;1H/t27-;/m1./s1. The van der Waals surface area contributed by atoms with Gasteiger partial charge in [0.25, 0.3) is 11.8 Å². The Kier molecular flexibility index (Phi) is 10.7. The second-order valence-corrected chi connectivity index (χ2v) is 12.4. The van der Waals surface area contributed by atoms with Gasteiger partial charge in [-0.15, -0.1) is 12.4 Å². The van der Waals surface area contributed by atoms with Crippen LogP contribution in [0.4, 0.5) is 5.69 Å². The highest BCUT2D eigenvalue weighted by Crippen LogP contribution is 2.33. The minimum Gasteiger partial charge on any atom is -0.489 e. The van der Waals surface area contributed by atoms with Gasteiger partial charge in [0.15, 0.2) is 0 Å². The fourth-order valence-corrected chi connectivity index (χ4v) is 6.40. The van der Waals surface area contributed by atoms with Crippen LogP contribution in [0.15, 0.2) is 103 Å². The second-order valence-electron chi connectivity index (χ2n) is 12.4. The topological polar surface area (TPSA) is 80.8 Å². The van der Waals surface area contributed by atoms with E-state index in [0.29, 0.717) is 37.2 Å². The van der Waals surface area contributed by atoms with Gasteiger partial charge in [-0.3, -0.25) is 9.59 Å². The Morgan fingerprint density at radius 3 is 2.27 bits per heavy atom. The average Bonchev–Trinajstić information content (AvgIpc) is 3.40. The van der Waals surface area contributed by atoms with E-state index in [1.165, 1.54) is 11.1 Å². The zero-order valence-electron chi connectivity index (χ0n) is 28.0. The first-order valence-electron chi connectivity index (χ1n) is 16.2. The molecule has 1 atom stereocenters. The molecule has 0 aliphatic carbocycles. The monoisotopic (exact) mass is 662 g/mol. The number of fused-ring (bicyclic) bond motifs is 1. The van der Waals surface area contributed by atoms with Crippen LogP contribution in [0, 0.1) is 6.92 Å². The smallest absolute Gasteiger partial charge is 0.259 e. The number of hydrogen-bond donors (Lipinski definition) is 1. The number of nitrogens with two attached hydrogens (primary N) is 1. The summed E-state index contributed by atoms with van der Waals surface area (Å²) in [5.41, 5.74) is 14.9. The van der Waals surface area contributed by atoms with Crippen molar-refractivity contribution in [3.63, 3.8) is 0 Å². The van der Waals surface area contributed by atoms with Crippen molar-refractivity contribution in [3.05, 3.63) is 142 Å². The van der Waals surface area contributed by atoms with E-state index in [-0.39, 0.29) is 30.3 Å². The van der Waals surface area contributed by atoms with E-state index in [4.69, 9.17) is 10.5 Å². The van der Waals surface area contributed by atoms with Crippen molar-refractivity contribution in [2.45, 2.75) is 45.9 Å². The van der Waals surface area contributed by atoms with Gasteiger partial charge in [0.1, 0.15) is 12.4 Å². The van der Waals surface area contributed by atoms with E-state index >= 15 is 0 Å². The average molecular weight is 663 g/mol. The number of rotatable bonds is 9. The van der Waals surface area contributed by atoms with Gasteiger partial charge in [-0.25, -0.2) is 0 Å². The molecule has 4 aromatic carbocycles. The van der Waals surface area contributed by atoms with Gasteiger partial charge in [0.05, 0.1) is 5.56 Å². The number of carbonyl (C=O) groups is 2. The van der Waals surface area contributed by atoms with E-state index in [9.17, 15) is 9.59 Å². The van der Waals surface area contributed by atoms with Crippen LogP contribution < -0.4 is 15.4 Å². The molecule has 8 heteroatoms. The molecule has 6 rings (SSSR count). The molecule has 2 amide bonds. The first kappa shape index (κ1) is 34.5. The highest BCUT2D eigenvalue weighted by Gasteiger charge is 2.30. The maximum absolute atomic E-state index is 14.3. The molecule has 0 saturated carbocycles. The molecular weight excluding hydrogens is 620 g/mol. The van der Waals surface area contributed by atoms with Crippen molar-refractivity contribution in [2.75, 3.05) is 18.5 Å². The Morgan fingerprint density at radius 1 is 0.875 bits per heavy atom. The summed E-state index contributed by atoms with van der Waals surface area (Å²) in [6.07, 6.45) is 1.51. The number of anilines is 1. The zero-order valence-corrected chi connectivity index (χ0v) is 28.8. The van der Waals surface area contributed by atoms with Crippen molar-refractivity contribution in [1.29, 1.82) is 0 Å². The molecule has 0 saturated heterocycles. The SMILES string of the molecule is Cc1c(C(=O)N(C)c2ccc(OCc3ccccc3)cc2)cc(-c2cc(CCN)ccc2C(=O)N2Cc3ccccc3C[C@H]2C)n1C.Cl. The molecular formula is C40H43ClN4O3. The summed E-state index contributed by atoms with van der Waals surface area (Å²) in [6, 6.07) is 33.9. The lowest BCUT2D eigenvalue weighted by molar-refractivity contribution is 0.0659. The summed E-state index contributed by atoms with van der Waals surface area (Å²) < 4.78 is 7.95. The summed E-state index contributed by atoms with van der Waals surface area (Å²) >= 11 is 0. The largest absolute Gasteiger partial charge is 0.489 e. The number of halogens is 1. The molecule has 1 aliphatic heterocycles. The lowest BCUT2D eigenvalue weighted by atomic mass is 9.92. The van der Waals surface area contributed by atoms with Crippen molar-refractivity contribution in [2.24, 2.45) is 12.8 Å². The molecule has 0 unspecified atom stereocenters. The van der Waals surface area contributed by atoms with Crippen molar-refractivity contribution < 1.29 is 14.3 Å². The predicted octanol–water partition coefficient (Wildman–Crippen LogP) is 7.37. The highest BCUT2D eigenvalue weighted by atomic mass is 35.5. The van der Waals surface area contributed by atoms with Crippen molar-refractivity contribution in [3.8, 4) is 17.0 Å². The van der Waals surface area contributed by atoms with Gasteiger partial charge in [0.2, 0.25) is 0 Å². The van der Waals surface area contributed by atoms with Gasteiger partial charge in [-0.2, -0.15) is 0 Å². The summed E-state index contributed by atoms with van der Waals surface area (Å²) in [7, 11) is 3.73. The highest BCUT2D eigenvalue weighted by molar-refractivity contribution is 6.08. The molecule has 0 fully saturated rings. The lowest BCUT2D eigenvalue weighted by Crippen LogP contribution is -2.42. The van der Waals surface area contributed by atoms with Gasteiger partial charge in [0, 0.05) is 54.9 Å². The molecule has 2 N–H and O–H groups in total. The fourth-order valence-electron chi connectivity index (χ4n) is 6.40. The molecule has 248 valence electrons. The first-order chi connectivity index (χ1) is 22.7. The maximum atomic E-state index is 14.3. The van der Waals surface area contributed by atoms with Gasteiger partial charge in [-0.1, -0.05) is 60.7 Å². The Bertz CT molecular complexity index is 1900. The number of aromatic nitrogens is 1. The lowest BCUT2D eigenvalue weighted by Gasteiger charge is -2.35. The Morgan fingerprint density at radius 2 is 1.56 bits per heavy atom. The van der Waals surface area contributed by atoms with E-state index in [1.807, 2.05) is 102 Å². The number of amides is 2. The molecule has 0 spiro atoms. The van der Waals surface area contributed by atoms with Crippen LogP contribution in [-0.4, -0.2) is 40.9 Å². The predicted molar refractivity (Wildman–Crippen MR) is 195 cm³/mol. The molecule has 1 aliphatic rings. The Hall–Kier alpha value is -4.85. The van der Waals surface area contributed by atoms with Crippen molar-refractivity contribution in [1.82, 2.24) is 9.47 Å². The Labute approximate surface area is 289 Å². The normalized spacial score (nSPS) is 13.8. The fraction of sp³-hybridized carbons (Fsp3) is 0.250. The molecule has 0 bridgehead atoms. The molecule has 2 heterocycles. The summed E-state index contributed by atoms with van der Waals surface area (Å²) in [5.74, 6) is 0.590. The maximum Gasteiger partial charge on any atom is 0.259 e. The molecule has 5 aromatic rings. The van der Waals surface area contributed by atoms with E-state index in [1.54, 1.807) is 11.9 Å². The Balaban J connectivity index is 0.00000451. The minimum absolute atomic E-state index is 0. The number of carbonyl (C=O) groups excluding carboxylic acids is 2. The molecule has 7 nitrogen and oxygen atoms in total. The van der Waals surface area contributed by atoms with E-state index in [0.717, 1.165) is 45.9 Å². The summed E-state index contributed by atoms with van der Waals surface area (Å²) in [6.45, 7) is 5.60. The van der Waals surface area contributed by atoms with Crippen LogP contribution in [-0.2, 0) is 33.0 Å². The molecule has 1 aromatic heterocycles. The quantitative estimate of drug-likeness (QED) is 0.179. The van der Waals surface area contributed by atoms with Gasteiger partial charge in [-0.05, 0) is 98.0 Å². The van der Waals surface area contributed by atoms with Crippen LogP contribution in [0.25, 0.3) is 11.3 Å². The van der Waals surface area contributed by atoms with Crippen LogP contribution in [0.5, 0.6) is 5.75 Å². The van der Waals surface area contributed by atoms with E-state index < -0.39 is 0 Å². The van der Waals surface area contributed by atoms with Crippen LogP contribution >= 0.6 is 12.4 Å². The number of ether oxygens (including phenoxy) is 1. The first-order valence-corrected chi connectivity index (χ1v) is 16.2. The molecule has 0 radical (unpaired) electrons. The van der Waals surface area contributed by atoms with Gasteiger partial charge >= 0.3 is 0 Å². The summed E-state index contributed by atoms with van der Waals surface area (Å²) in [4.78, 5) is 31.8. The zero-order chi connectivity index (χ0) is 33.1. The van der Waals surface area contributed by atoms with Gasteiger partial charge < -0.3 is 24.8 Å². The van der Waals surface area contributed by atoms with Crippen LogP contribution in [0.1, 0.15) is 55.6 Å². The third kappa shape index (κ3) is 7.03. The number of nitrogens with zero attached hydrogens (tertiary/aromatic N) is 3. The number of benzene rings is 4. The third-order valence-corrected chi connectivity index (χ3v) is 9.33. The van der Waals surface area contributed by atoms with Crippen LogP contribution in [0.3, 0.4) is 0 Å². The summed E-state index contributed by atoms with van der Waals surface area (Å²) in [5, 5.41) is 0. The van der Waals surface area contributed by atoms with Crippen molar-refractivity contribution >= 4 is 29.9 Å². The number of hydrogen-bond acceptors (Lipinski definition) is 4. The third-order valence-electron chi connectivity index (χ3n) is 9.33. The van der Waals surface area contributed by atoms with E-state index in [2.05, 4.69) is 31.2 Å².